The quantitative estimate of drug-likeness (QED) is 0.0429. The second-order valence-corrected chi connectivity index (χ2v) is 15.4. The molecule has 0 rings (SSSR count). The van der Waals surface area contributed by atoms with Gasteiger partial charge in [0.05, 0.1) is 18.8 Å². The van der Waals surface area contributed by atoms with Crippen molar-refractivity contribution in [3.05, 3.63) is 85.1 Å². The van der Waals surface area contributed by atoms with Gasteiger partial charge in [-0.05, 0) is 57.8 Å². The number of hydrogen-bond acceptors (Lipinski definition) is 3. The Hall–Kier alpha value is -2.43. The Bertz CT molecular complexity index is 1000. The van der Waals surface area contributed by atoms with Crippen molar-refractivity contribution in [2.45, 2.75) is 225 Å². The van der Waals surface area contributed by atoms with Crippen LogP contribution in [0.15, 0.2) is 85.1 Å². The van der Waals surface area contributed by atoms with E-state index in [9.17, 15) is 15.0 Å². The number of hydrogen-bond donors (Lipinski definition) is 3. The molecule has 3 N–H and O–H groups in total. The summed E-state index contributed by atoms with van der Waals surface area (Å²) in [6.07, 6.45) is 67.1. The van der Waals surface area contributed by atoms with Gasteiger partial charge in [0.15, 0.2) is 0 Å². The van der Waals surface area contributed by atoms with E-state index in [-0.39, 0.29) is 12.5 Å². The number of aliphatic hydroxyl groups is 2. The van der Waals surface area contributed by atoms with E-state index in [2.05, 4.69) is 86.0 Å². The fourth-order valence-electron chi connectivity index (χ4n) is 6.61. The largest absolute Gasteiger partial charge is 0.394 e. The Balaban J connectivity index is 3.67. The van der Waals surface area contributed by atoms with E-state index in [4.69, 9.17) is 0 Å². The van der Waals surface area contributed by atoms with Crippen molar-refractivity contribution in [3.8, 4) is 0 Å². The number of rotatable bonds is 41. The standard InChI is InChI=1S/C51H89NO3/c1-3-5-7-9-11-13-15-17-19-21-23-24-25-26-27-29-30-32-34-36-38-40-42-44-46-50(54)49(48-53)52-51(55)47-45-43-41-39-37-35-33-31-28-22-20-18-16-14-12-10-8-6-4-2/h6,8,12,14,18,20,28,31,35,37,41,43-44,46,49-50,53-54H,3-5,7,9-11,13,15-17,19,21-27,29-30,32-34,36,38-40,42,45,47-48H2,1-2H3,(H,52,55)/b8-6-,14-12-,20-18-,31-28-,37-35-,43-41-,46-44+. The maximum absolute atomic E-state index is 12.4. The minimum absolute atomic E-state index is 0.148. The number of carbonyl (C=O) groups is 1. The molecule has 0 aliphatic carbocycles. The number of amides is 1. The van der Waals surface area contributed by atoms with Crippen LogP contribution >= 0.6 is 0 Å². The number of allylic oxidation sites excluding steroid dienone is 13. The van der Waals surface area contributed by atoms with Gasteiger partial charge in [-0.15, -0.1) is 0 Å². The summed E-state index contributed by atoms with van der Waals surface area (Å²) >= 11 is 0. The smallest absolute Gasteiger partial charge is 0.220 e. The first-order valence-electron chi connectivity index (χ1n) is 23.3. The Morgan fingerprint density at radius 2 is 0.800 bits per heavy atom. The topological polar surface area (TPSA) is 69.6 Å². The highest BCUT2D eigenvalue weighted by molar-refractivity contribution is 5.76. The highest BCUT2D eigenvalue weighted by Gasteiger charge is 2.17. The molecule has 2 unspecified atom stereocenters. The molecule has 0 aromatic heterocycles. The summed E-state index contributed by atoms with van der Waals surface area (Å²) < 4.78 is 0. The summed E-state index contributed by atoms with van der Waals surface area (Å²) in [7, 11) is 0. The molecular formula is C51H89NO3. The minimum Gasteiger partial charge on any atom is -0.394 e. The highest BCUT2D eigenvalue weighted by Crippen LogP contribution is 2.15. The molecule has 0 spiro atoms. The third-order valence-corrected chi connectivity index (χ3v) is 10.1. The molecular weight excluding hydrogens is 675 g/mol. The summed E-state index contributed by atoms with van der Waals surface area (Å²) in [4.78, 5) is 12.4. The minimum atomic E-state index is -0.875. The van der Waals surface area contributed by atoms with E-state index in [1.807, 2.05) is 12.2 Å². The van der Waals surface area contributed by atoms with Crippen LogP contribution in [0, 0.1) is 0 Å². The van der Waals surface area contributed by atoms with Gasteiger partial charge in [-0.3, -0.25) is 4.79 Å². The molecule has 0 radical (unpaired) electrons. The van der Waals surface area contributed by atoms with Crippen LogP contribution in [0.3, 0.4) is 0 Å². The molecule has 0 aliphatic heterocycles. The van der Waals surface area contributed by atoms with Gasteiger partial charge in [0.25, 0.3) is 0 Å². The van der Waals surface area contributed by atoms with Gasteiger partial charge in [0.2, 0.25) is 5.91 Å². The second kappa shape index (κ2) is 46.0. The van der Waals surface area contributed by atoms with Gasteiger partial charge in [-0.25, -0.2) is 0 Å². The first-order chi connectivity index (χ1) is 27.2. The van der Waals surface area contributed by atoms with Gasteiger partial charge in [-0.2, -0.15) is 0 Å². The maximum atomic E-state index is 12.4. The summed E-state index contributed by atoms with van der Waals surface area (Å²) in [5.74, 6) is -0.148. The summed E-state index contributed by atoms with van der Waals surface area (Å²) in [6.45, 7) is 4.16. The van der Waals surface area contributed by atoms with Crippen molar-refractivity contribution < 1.29 is 15.0 Å². The molecule has 0 bridgehead atoms. The van der Waals surface area contributed by atoms with Crippen LogP contribution in [0.5, 0.6) is 0 Å². The van der Waals surface area contributed by atoms with E-state index in [0.717, 1.165) is 51.4 Å². The molecule has 0 heterocycles. The lowest BCUT2D eigenvalue weighted by Crippen LogP contribution is -2.45. The van der Waals surface area contributed by atoms with E-state index in [0.29, 0.717) is 12.8 Å². The second-order valence-electron chi connectivity index (χ2n) is 15.4. The lowest BCUT2D eigenvalue weighted by atomic mass is 10.0. The molecule has 0 aromatic carbocycles. The molecule has 1 amide bonds. The third kappa shape index (κ3) is 42.6. The summed E-state index contributed by atoms with van der Waals surface area (Å²) in [5, 5.41) is 23.0. The first kappa shape index (κ1) is 52.6. The van der Waals surface area contributed by atoms with Crippen LogP contribution in [0.25, 0.3) is 0 Å². The van der Waals surface area contributed by atoms with E-state index in [1.165, 1.54) is 135 Å². The van der Waals surface area contributed by atoms with Gasteiger partial charge < -0.3 is 15.5 Å². The lowest BCUT2D eigenvalue weighted by molar-refractivity contribution is -0.122. The third-order valence-electron chi connectivity index (χ3n) is 10.1. The SMILES string of the molecule is CC/C=C\C/C=C\C/C=C\C/C=C\C/C=C\C/C=C\CCC(=O)NC(CO)C(O)/C=C/CCCCCCCCCCCCCCCCCCCCCCCC. The highest BCUT2D eigenvalue weighted by atomic mass is 16.3. The van der Waals surface area contributed by atoms with E-state index < -0.39 is 12.1 Å². The Kier molecular flexibility index (Phi) is 43.9. The summed E-state index contributed by atoms with van der Waals surface area (Å²) in [5.41, 5.74) is 0. The Labute approximate surface area is 341 Å². The summed E-state index contributed by atoms with van der Waals surface area (Å²) in [6, 6.07) is -0.668. The van der Waals surface area contributed by atoms with Crippen molar-refractivity contribution in [1.29, 1.82) is 0 Å². The molecule has 0 saturated heterocycles. The molecule has 4 nitrogen and oxygen atoms in total. The van der Waals surface area contributed by atoms with E-state index >= 15 is 0 Å². The number of unbranched alkanes of at least 4 members (excludes halogenated alkanes) is 22. The van der Waals surface area contributed by atoms with Crippen molar-refractivity contribution in [1.82, 2.24) is 5.32 Å². The van der Waals surface area contributed by atoms with Crippen LogP contribution < -0.4 is 5.32 Å². The number of carbonyl (C=O) groups excluding carboxylic acids is 1. The first-order valence-corrected chi connectivity index (χ1v) is 23.3. The van der Waals surface area contributed by atoms with Crippen LogP contribution in [0.2, 0.25) is 0 Å². The van der Waals surface area contributed by atoms with Crippen LogP contribution in [0.1, 0.15) is 213 Å². The monoisotopic (exact) mass is 764 g/mol. The van der Waals surface area contributed by atoms with Crippen molar-refractivity contribution >= 4 is 5.91 Å². The molecule has 0 saturated carbocycles. The predicted molar refractivity (Wildman–Crippen MR) is 243 cm³/mol. The molecule has 4 heteroatoms. The molecule has 0 fully saturated rings. The molecule has 0 aliphatic rings. The zero-order valence-corrected chi connectivity index (χ0v) is 36.2. The van der Waals surface area contributed by atoms with E-state index in [1.54, 1.807) is 6.08 Å². The van der Waals surface area contributed by atoms with Crippen molar-refractivity contribution in [3.63, 3.8) is 0 Å². The van der Waals surface area contributed by atoms with Crippen LogP contribution in [0.4, 0.5) is 0 Å². The van der Waals surface area contributed by atoms with Crippen LogP contribution in [-0.2, 0) is 4.79 Å². The molecule has 2 atom stereocenters. The van der Waals surface area contributed by atoms with Crippen LogP contribution in [-0.4, -0.2) is 34.9 Å². The molecule has 316 valence electrons. The predicted octanol–water partition coefficient (Wildman–Crippen LogP) is 14.9. The van der Waals surface area contributed by atoms with Gasteiger partial charge in [0, 0.05) is 6.42 Å². The average Bonchev–Trinajstić information content (AvgIpc) is 3.19. The van der Waals surface area contributed by atoms with Gasteiger partial charge in [0.1, 0.15) is 0 Å². The number of aliphatic hydroxyl groups excluding tert-OH is 2. The van der Waals surface area contributed by atoms with Gasteiger partial charge in [-0.1, -0.05) is 234 Å². The molecule has 55 heavy (non-hydrogen) atoms. The van der Waals surface area contributed by atoms with Crippen molar-refractivity contribution in [2.24, 2.45) is 0 Å². The van der Waals surface area contributed by atoms with Gasteiger partial charge >= 0.3 is 0 Å². The fourth-order valence-corrected chi connectivity index (χ4v) is 6.61. The normalized spacial score (nSPS) is 13.7. The van der Waals surface area contributed by atoms with Crippen molar-refractivity contribution in [2.75, 3.05) is 6.61 Å². The zero-order valence-electron chi connectivity index (χ0n) is 36.2. The lowest BCUT2D eigenvalue weighted by Gasteiger charge is -2.19. The Morgan fingerprint density at radius 3 is 1.16 bits per heavy atom. The number of nitrogens with one attached hydrogen (secondary N) is 1. The Morgan fingerprint density at radius 1 is 0.455 bits per heavy atom. The fraction of sp³-hybridized carbons (Fsp3) is 0.706. The zero-order chi connectivity index (χ0) is 40.0. The average molecular weight is 764 g/mol. The maximum Gasteiger partial charge on any atom is 0.220 e. The molecule has 0 aromatic rings.